The van der Waals surface area contributed by atoms with E-state index >= 15 is 0 Å². The van der Waals surface area contributed by atoms with Gasteiger partial charge in [-0.1, -0.05) is 70.1 Å². The average molecular weight is 1430 g/mol. The van der Waals surface area contributed by atoms with Gasteiger partial charge in [0.25, 0.3) is 6.47 Å². The quantitative estimate of drug-likeness (QED) is 0.0140. The fraction of sp³-hybridized carbons (Fsp3) is 0.838. The van der Waals surface area contributed by atoms with Gasteiger partial charge in [0.1, 0.15) is 24.6 Å². The minimum atomic E-state index is -5.46. The van der Waals surface area contributed by atoms with Crippen LogP contribution in [0.2, 0.25) is 0 Å². The monoisotopic (exact) mass is 1430 g/mol. The van der Waals surface area contributed by atoms with E-state index in [0.29, 0.717) is 0 Å². The summed E-state index contributed by atoms with van der Waals surface area (Å²) in [5.74, 6) is -4.67. The van der Waals surface area contributed by atoms with Gasteiger partial charge in [0, 0.05) is 21.7 Å². The second-order valence-electron chi connectivity index (χ2n) is 18.4. The molecular weight excluding hydrogens is 1370 g/mol. The number of ether oxygens (including phenoxy) is 10. The first kappa shape index (κ1) is 98.5. The van der Waals surface area contributed by atoms with Crippen LogP contribution in [-0.2, 0) is 113 Å². The summed E-state index contributed by atoms with van der Waals surface area (Å²) in [6.07, 6.45) is -17.4. The van der Waals surface area contributed by atoms with Gasteiger partial charge in [0.05, 0.1) is 24.3 Å². The van der Waals surface area contributed by atoms with Gasteiger partial charge in [0.15, 0.2) is 25.0 Å². The van der Waals surface area contributed by atoms with Crippen molar-refractivity contribution in [3.63, 3.8) is 0 Å². The topological polar surface area (TPSA) is 669 Å². The molecule has 52 heteroatoms. The maximum atomic E-state index is 12.7. The first-order chi connectivity index (χ1) is 38.1. The summed E-state index contributed by atoms with van der Waals surface area (Å²) in [7, 11) is -25.1. The summed E-state index contributed by atoms with van der Waals surface area (Å²) in [5.41, 5.74) is 28.0. The number of azide groups is 3. The Kier molecular flexibility index (Phi) is 48.7. The van der Waals surface area contributed by atoms with E-state index < -0.39 is 192 Å². The van der Waals surface area contributed by atoms with Crippen molar-refractivity contribution in [2.45, 2.75) is 159 Å². The molecule has 89 heavy (non-hydrogen) atoms. The van der Waals surface area contributed by atoms with Gasteiger partial charge in [0.2, 0.25) is 58.3 Å². The Morgan fingerprint density at radius 3 is 1.38 bits per heavy atom. The predicted octanol–water partition coefficient (Wildman–Crippen LogP) is -15.1. The molecule has 0 radical (unpaired) electrons. The summed E-state index contributed by atoms with van der Waals surface area (Å²) in [4.78, 5) is 33.1. The Bertz CT molecular complexity index is 2760. The smallest absolute Gasteiger partial charge is 0.726 e. The number of hydrogen-bond donors (Lipinski definition) is 5. The molecule has 5 aliphatic heterocycles. The van der Waals surface area contributed by atoms with Crippen LogP contribution in [0.5, 0.6) is 0 Å². The van der Waals surface area contributed by atoms with Crippen LogP contribution < -0.4 is 148 Å². The molecule has 0 aliphatic carbocycles. The number of nitrogens with zero attached hydrogens (tertiary/aromatic N) is 9. The van der Waals surface area contributed by atoms with Crippen molar-refractivity contribution < 1.29 is 297 Å². The Balaban J connectivity index is -0.000000815. The van der Waals surface area contributed by atoms with E-state index in [-0.39, 0.29) is 166 Å². The molecule has 8 unspecified atom stereocenters. The van der Waals surface area contributed by atoms with Crippen LogP contribution in [0.4, 0.5) is 0 Å². The van der Waals surface area contributed by atoms with E-state index in [1.165, 1.54) is 13.3 Å². The second-order valence-corrected chi connectivity index (χ2v) is 22.8. The minimum absolute atomic E-state index is 0. The molecule has 5 heterocycles. The molecule has 5 rings (SSSR count). The zero-order valence-corrected chi connectivity index (χ0v) is 63.4. The van der Waals surface area contributed by atoms with E-state index in [0.717, 1.165) is 0 Å². The Morgan fingerprint density at radius 2 is 0.944 bits per heavy atom. The zero-order valence-electron chi connectivity index (χ0n) is 49.4. The molecule has 0 aromatic carbocycles. The predicted molar refractivity (Wildman–Crippen MR) is 261 cm³/mol. The molecule has 0 bridgehead atoms. The van der Waals surface area contributed by atoms with Gasteiger partial charge in [-0.05, 0) is 64.2 Å². The average Bonchev–Trinajstić information content (AvgIpc) is 1.82. The summed E-state index contributed by atoms with van der Waals surface area (Å²) in [5, 5.41) is 21.7. The molecule has 24 atom stereocenters. The maximum absolute atomic E-state index is 12.7. The number of rotatable bonds is 16. The summed E-state index contributed by atoms with van der Waals surface area (Å²) in [6.45, 7) is 23.9. The van der Waals surface area contributed by atoms with Crippen LogP contribution in [0, 0.1) is 62.7 Å². The van der Waals surface area contributed by atoms with Crippen LogP contribution in [0.3, 0.4) is 0 Å². The second kappa shape index (κ2) is 44.0. The summed E-state index contributed by atoms with van der Waals surface area (Å²) < 4.78 is 232. The molecule has 0 aromatic heterocycles. The normalized spacial score (nSPS) is 35.9. The van der Waals surface area contributed by atoms with E-state index in [2.05, 4.69) is 50.8 Å². The first-order valence-electron chi connectivity index (χ1n) is 23.2. The fourth-order valence-corrected chi connectivity index (χ4v) is 9.18. The zero-order chi connectivity index (χ0) is 65.4. The van der Waals surface area contributed by atoms with E-state index in [1.807, 2.05) is 13.8 Å². The van der Waals surface area contributed by atoms with Crippen molar-refractivity contribution in [1.82, 2.24) is 0 Å². The number of carbonyl (C=O) groups excluding carboxylic acids is 1. The molecule has 5 aliphatic rings. The molecule has 0 amide bonds. The Morgan fingerprint density at radius 1 is 0.506 bits per heavy atom. The molecule has 0 aromatic rings. The van der Waals surface area contributed by atoms with Crippen molar-refractivity contribution in [1.29, 1.82) is 0 Å². The molecular formula is C37H58N9Na5O33S5-4. The van der Waals surface area contributed by atoms with Crippen LogP contribution in [0.1, 0.15) is 48.5 Å². The largest absolute Gasteiger partial charge is 1.00 e. The molecule has 5 N–H and O–H groups in total. The summed E-state index contributed by atoms with van der Waals surface area (Å²) >= 11 is 0. The fourth-order valence-electron chi connectivity index (χ4n) is 8.65. The third-order valence-corrected chi connectivity index (χ3v) is 13.2. The standard InChI is InChI=1S/C37H55N9O17S.5Na.4H2O4S/c1-13-14(2)26(43-46-40)35(55-19(13)7)59-28-15(3)16(4)33(61-31(28)32(48)49)57-24-11-23(41-44-38)34(56-20(24)8)60-29-18(6)30(63-64(50,51)52)37(62-36(29)53-12-47)58-27-17(5)25(42-45-39)21(9)54-22(27)10;;;;;;4*1-5(2,3)4/h11-31,33-37H,7-8,10H2,1-6,9H3,(H,48,49)(H,50,51,52);;;;;;4*(H2,1,2,3,4)/q-4;5*+1;;;;/p-5/t13-,14-,15+,16?,17+,18-,19-,20?,21+,22?,23?,24-,25?,26?,27-,28-,29-,30?,31+,33+,34+,35+,36?,37+;;;;;;;;;/m0........./s1. The van der Waals surface area contributed by atoms with Gasteiger partial charge in [-0.15, -0.1) is 5.11 Å². The SMILES string of the molecule is O=S(=O)([O-])O.O=S(=O)([O-])O.O=S(=O)([O-])O.O=S(=O)([O-])O.[CH2-]C1O[C@H](O[C@@H]2C(OC=O)O[C@@H](O[C@@H]3C([CH2-])O[C@H](C)C(N=[N+]=[N-])[C@H]3C)C(OS(=O)(=O)[O-])[C@H]2C)C(N=[N+]=[N-])[CH-][C@@H]1O[C@@H]1O[C@@H](C(=O)O)[C@@H](O[C@H]2O[C@@H]([CH2-])[C@@H](C)[C@H](C)C2N=[N+]=[N-])[C@H](C)C1C.[Na+].[Na+].[Na+].[Na+].[Na+]. The van der Waals surface area contributed by atoms with Crippen LogP contribution >= 0.6 is 0 Å². The number of aliphatic carboxylic acids is 1. The molecule has 488 valence electrons. The van der Waals surface area contributed by atoms with E-state index in [9.17, 15) is 38.7 Å². The van der Waals surface area contributed by atoms with E-state index in [4.69, 9.17) is 127 Å². The van der Waals surface area contributed by atoms with Gasteiger partial charge in [-0.25, -0.2) is 46.9 Å². The van der Waals surface area contributed by atoms with Crippen molar-refractivity contribution in [3.05, 3.63) is 58.5 Å². The molecule has 5 fully saturated rings. The minimum Gasteiger partial charge on any atom is -0.726 e. The van der Waals surface area contributed by atoms with E-state index in [1.54, 1.807) is 27.7 Å². The molecule has 0 spiro atoms. The van der Waals surface area contributed by atoms with Crippen molar-refractivity contribution in [2.75, 3.05) is 0 Å². The van der Waals surface area contributed by atoms with Crippen molar-refractivity contribution in [2.24, 2.45) is 50.9 Å². The Labute approximate surface area is 622 Å². The van der Waals surface area contributed by atoms with Gasteiger partial charge < -0.3 is 96.0 Å². The number of carboxylic acid groups (broad SMARTS) is 1. The van der Waals surface area contributed by atoms with Gasteiger partial charge in [-0.3, -0.25) is 33.6 Å². The maximum Gasteiger partial charge on any atom is 1.00 e. The molecule has 42 nitrogen and oxygen atoms in total. The Hall–Kier alpha value is 0.860. The molecule has 5 saturated heterocycles. The van der Waals surface area contributed by atoms with Crippen LogP contribution in [0.25, 0.3) is 31.3 Å². The summed E-state index contributed by atoms with van der Waals surface area (Å²) in [6, 6.07) is -2.89. The first-order valence-corrected chi connectivity index (χ1v) is 30.0. The third-order valence-electron chi connectivity index (χ3n) is 12.8. The number of hydrogen-bond acceptors (Lipinski definition) is 31. The van der Waals surface area contributed by atoms with Crippen LogP contribution in [0.15, 0.2) is 15.3 Å². The van der Waals surface area contributed by atoms with Crippen molar-refractivity contribution in [3.8, 4) is 0 Å². The van der Waals surface area contributed by atoms with Gasteiger partial charge in [-0.2, -0.15) is 0 Å². The number of carboxylic acids is 1. The van der Waals surface area contributed by atoms with Gasteiger partial charge >= 0.3 is 154 Å². The van der Waals surface area contributed by atoms with Crippen LogP contribution in [-0.4, -0.2) is 211 Å². The van der Waals surface area contributed by atoms with Crippen molar-refractivity contribution >= 4 is 64.4 Å². The number of carbonyl (C=O) groups is 2. The molecule has 0 saturated carbocycles. The third kappa shape index (κ3) is 37.4.